The molecular weight excluding hydrogens is 282 g/mol. The molecule has 0 bridgehead atoms. The molecule has 0 saturated heterocycles. The van der Waals surface area contributed by atoms with Gasteiger partial charge in [0.1, 0.15) is 0 Å². The first-order valence-corrected chi connectivity index (χ1v) is 7.99. The first kappa shape index (κ1) is 14.2. The zero-order valence-corrected chi connectivity index (χ0v) is 13.1. The van der Waals surface area contributed by atoms with Crippen molar-refractivity contribution in [3.63, 3.8) is 0 Å². The summed E-state index contributed by atoms with van der Waals surface area (Å²) in [5, 5.41) is 5.48. The minimum Gasteiger partial charge on any atom is -0.301 e. The zero-order valence-electron chi connectivity index (χ0n) is 12.3. The van der Waals surface area contributed by atoms with Gasteiger partial charge in [0.2, 0.25) is 5.91 Å². The molecule has 0 saturated carbocycles. The van der Waals surface area contributed by atoms with Crippen molar-refractivity contribution in [2.75, 3.05) is 18.9 Å². The standard InChI is InChI=1S/C16H19N3OS/c1-11-10-21-16(17-11)18-15(20)9-19(2)14-7-12-5-3-4-6-13(12)8-14/h3-6,10,14H,7-9H2,1-2H3,(H,17,18,20). The van der Waals surface area contributed by atoms with Gasteiger partial charge >= 0.3 is 0 Å². The number of thiazole rings is 1. The van der Waals surface area contributed by atoms with Crippen LogP contribution in [0.5, 0.6) is 0 Å². The Hall–Kier alpha value is -1.72. The number of aromatic nitrogens is 1. The van der Waals surface area contributed by atoms with Crippen LogP contribution in [0.3, 0.4) is 0 Å². The van der Waals surface area contributed by atoms with Crippen molar-refractivity contribution in [2.45, 2.75) is 25.8 Å². The molecule has 0 aliphatic heterocycles. The second-order valence-corrected chi connectivity index (χ2v) is 6.45. The molecule has 0 spiro atoms. The summed E-state index contributed by atoms with van der Waals surface area (Å²) in [6, 6.07) is 8.94. The highest BCUT2D eigenvalue weighted by atomic mass is 32.1. The van der Waals surface area contributed by atoms with E-state index in [1.54, 1.807) is 0 Å². The number of benzene rings is 1. The van der Waals surface area contributed by atoms with Gasteiger partial charge in [-0.15, -0.1) is 11.3 Å². The molecule has 2 aromatic rings. The molecule has 0 atom stereocenters. The molecule has 0 fully saturated rings. The molecule has 1 aromatic heterocycles. The second-order valence-electron chi connectivity index (χ2n) is 5.59. The third-order valence-corrected chi connectivity index (χ3v) is 4.79. The molecule has 0 unspecified atom stereocenters. The van der Waals surface area contributed by atoms with E-state index in [0.29, 0.717) is 17.7 Å². The molecular formula is C16H19N3OS. The van der Waals surface area contributed by atoms with Gasteiger partial charge in [0.25, 0.3) is 0 Å². The van der Waals surface area contributed by atoms with Crippen LogP contribution in [0.1, 0.15) is 16.8 Å². The van der Waals surface area contributed by atoms with Crippen LogP contribution in [0, 0.1) is 6.92 Å². The van der Waals surface area contributed by atoms with Crippen molar-refractivity contribution >= 4 is 22.4 Å². The van der Waals surface area contributed by atoms with Crippen LogP contribution in [0.4, 0.5) is 5.13 Å². The van der Waals surface area contributed by atoms with Gasteiger partial charge in [-0.2, -0.15) is 0 Å². The van der Waals surface area contributed by atoms with Crippen LogP contribution < -0.4 is 5.32 Å². The van der Waals surface area contributed by atoms with E-state index < -0.39 is 0 Å². The molecule has 1 aromatic carbocycles. The molecule has 1 N–H and O–H groups in total. The Morgan fingerprint density at radius 2 is 2.05 bits per heavy atom. The van der Waals surface area contributed by atoms with Crippen molar-refractivity contribution in [3.8, 4) is 0 Å². The average molecular weight is 301 g/mol. The maximum absolute atomic E-state index is 12.1. The lowest BCUT2D eigenvalue weighted by atomic mass is 10.1. The van der Waals surface area contributed by atoms with E-state index in [1.165, 1.54) is 22.5 Å². The van der Waals surface area contributed by atoms with Crippen LogP contribution in [0.15, 0.2) is 29.6 Å². The number of carbonyl (C=O) groups is 1. The van der Waals surface area contributed by atoms with Gasteiger partial charge < -0.3 is 5.32 Å². The van der Waals surface area contributed by atoms with E-state index in [9.17, 15) is 4.79 Å². The Labute approximate surface area is 128 Å². The maximum Gasteiger partial charge on any atom is 0.240 e. The number of hydrogen-bond acceptors (Lipinski definition) is 4. The predicted octanol–water partition coefficient (Wildman–Crippen LogP) is 2.49. The van der Waals surface area contributed by atoms with E-state index in [1.807, 2.05) is 19.4 Å². The third-order valence-electron chi connectivity index (χ3n) is 3.91. The van der Waals surface area contributed by atoms with Gasteiger partial charge in [0, 0.05) is 11.4 Å². The molecule has 1 aliphatic rings. The number of nitrogens with zero attached hydrogens (tertiary/aromatic N) is 2. The first-order valence-electron chi connectivity index (χ1n) is 7.11. The van der Waals surface area contributed by atoms with Gasteiger partial charge in [-0.3, -0.25) is 9.69 Å². The lowest BCUT2D eigenvalue weighted by molar-refractivity contribution is -0.117. The second kappa shape index (κ2) is 5.95. The molecule has 4 nitrogen and oxygen atoms in total. The summed E-state index contributed by atoms with van der Waals surface area (Å²) in [4.78, 5) is 18.5. The number of fused-ring (bicyclic) bond motifs is 1. The topological polar surface area (TPSA) is 45.2 Å². The van der Waals surface area contributed by atoms with Crippen LogP contribution >= 0.6 is 11.3 Å². The van der Waals surface area contributed by atoms with Crippen LogP contribution in [0.25, 0.3) is 0 Å². The number of nitrogens with one attached hydrogen (secondary N) is 1. The smallest absolute Gasteiger partial charge is 0.240 e. The normalized spacial score (nSPS) is 14.4. The Balaban J connectivity index is 1.55. The summed E-state index contributed by atoms with van der Waals surface area (Å²) in [6.07, 6.45) is 2.05. The molecule has 1 aliphatic carbocycles. The molecule has 1 heterocycles. The molecule has 21 heavy (non-hydrogen) atoms. The van der Waals surface area contributed by atoms with Crippen LogP contribution in [0.2, 0.25) is 0 Å². The minimum absolute atomic E-state index is 0.00260. The highest BCUT2D eigenvalue weighted by Gasteiger charge is 2.25. The first-order chi connectivity index (χ1) is 10.1. The Bertz CT molecular complexity index is 627. The maximum atomic E-state index is 12.1. The van der Waals surface area contributed by atoms with E-state index in [-0.39, 0.29) is 5.91 Å². The quantitative estimate of drug-likeness (QED) is 0.943. The summed E-state index contributed by atoms with van der Waals surface area (Å²) in [6.45, 7) is 2.32. The van der Waals surface area contributed by atoms with Crippen molar-refractivity contribution in [1.82, 2.24) is 9.88 Å². The van der Waals surface area contributed by atoms with Crippen LogP contribution in [-0.4, -0.2) is 35.4 Å². The monoisotopic (exact) mass is 301 g/mol. The zero-order chi connectivity index (χ0) is 14.8. The highest BCUT2D eigenvalue weighted by molar-refractivity contribution is 7.13. The average Bonchev–Trinajstić information content (AvgIpc) is 3.04. The lowest BCUT2D eigenvalue weighted by Crippen LogP contribution is -2.38. The molecule has 5 heteroatoms. The summed E-state index contributed by atoms with van der Waals surface area (Å²) in [5.41, 5.74) is 3.76. The predicted molar refractivity (Wildman–Crippen MR) is 85.7 cm³/mol. The molecule has 1 amide bonds. The Morgan fingerprint density at radius 1 is 1.38 bits per heavy atom. The summed E-state index contributed by atoms with van der Waals surface area (Å²) < 4.78 is 0. The van der Waals surface area contributed by atoms with Crippen molar-refractivity contribution in [1.29, 1.82) is 0 Å². The summed E-state index contributed by atoms with van der Waals surface area (Å²) in [5.74, 6) is 0.00260. The van der Waals surface area contributed by atoms with Crippen molar-refractivity contribution in [2.24, 2.45) is 0 Å². The molecule has 0 radical (unpaired) electrons. The molecule has 110 valence electrons. The van der Waals surface area contributed by atoms with Gasteiger partial charge in [0.15, 0.2) is 5.13 Å². The fourth-order valence-corrected chi connectivity index (χ4v) is 3.48. The van der Waals surface area contributed by atoms with E-state index in [4.69, 9.17) is 0 Å². The fraction of sp³-hybridized carbons (Fsp3) is 0.375. The lowest BCUT2D eigenvalue weighted by Gasteiger charge is -2.23. The Kier molecular flexibility index (Phi) is 4.03. The highest BCUT2D eigenvalue weighted by Crippen LogP contribution is 2.24. The fourth-order valence-electron chi connectivity index (χ4n) is 2.77. The minimum atomic E-state index is 0.00260. The SMILES string of the molecule is Cc1csc(NC(=O)CN(C)C2Cc3ccccc3C2)n1. The van der Waals surface area contributed by atoms with Crippen LogP contribution in [-0.2, 0) is 17.6 Å². The third kappa shape index (κ3) is 3.31. The van der Waals surface area contributed by atoms with Gasteiger partial charge in [-0.1, -0.05) is 24.3 Å². The van der Waals surface area contributed by atoms with Gasteiger partial charge in [-0.25, -0.2) is 4.98 Å². The number of hydrogen-bond donors (Lipinski definition) is 1. The number of rotatable bonds is 4. The molecule has 3 rings (SSSR count). The number of aryl methyl sites for hydroxylation is 1. The summed E-state index contributed by atoms with van der Waals surface area (Å²) in [7, 11) is 2.02. The van der Waals surface area contributed by atoms with E-state index in [0.717, 1.165) is 18.5 Å². The number of amides is 1. The summed E-state index contributed by atoms with van der Waals surface area (Å²) >= 11 is 1.47. The number of likely N-dealkylation sites (N-methyl/N-ethyl adjacent to an activating group) is 1. The van der Waals surface area contributed by atoms with Crippen molar-refractivity contribution < 1.29 is 4.79 Å². The number of carbonyl (C=O) groups excluding carboxylic acids is 1. The van der Waals surface area contributed by atoms with E-state index in [2.05, 4.69) is 39.5 Å². The van der Waals surface area contributed by atoms with Gasteiger partial charge in [-0.05, 0) is 37.9 Å². The van der Waals surface area contributed by atoms with E-state index >= 15 is 0 Å². The van der Waals surface area contributed by atoms with Crippen molar-refractivity contribution in [3.05, 3.63) is 46.5 Å². The largest absolute Gasteiger partial charge is 0.301 e. The number of anilines is 1. The van der Waals surface area contributed by atoms with Gasteiger partial charge in [0.05, 0.1) is 12.2 Å². The Morgan fingerprint density at radius 3 is 2.62 bits per heavy atom.